The van der Waals surface area contributed by atoms with E-state index in [4.69, 9.17) is 29.7 Å². The number of para-hydroxylation sites is 1. The van der Waals surface area contributed by atoms with E-state index >= 15 is 0 Å². The van der Waals surface area contributed by atoms with Crippen LogP contribution in [0.1, 0.15) is 83.7 Å². The van der Waals surface area contributed by atoms with E-state index in [2.05, 4.69) is 23.3 Å². The van der Waals surface area contributed by atoms with Crippen LogP contribution in [0.2, 0.25) is 0 Å². The predicted octanol–water partition coefficient (Wildman–Crippen LogP) is 4.65. The van der Waals surface area contributed by atoms with E-state index in [1.165, 1.54) is 30.5 Å². The van der Waals surface area contributed by atoms with Crippen molar-refractivity contribution in [3.05, 3.63) is 88.1 Å². The minimum Gasteiger partial charge on any atom is -0.458 e. The first-order valence-corrected chi connectivity index (χ1v) is 24.4. The van der Waals surface area contributed by atoms with Crippen LogP contribution in [0, 0.1) is 0 Å². The molecule has 68 heavy (non-hydrogen) atoms. The lowest BCUT2D eigenvalue weighted by atomic mass is 9.96. The van der Waals surface area contributed by atoms with Gasteiger partial charge in [-0.25, -0.2) is 23.0 Å². The van der Waals surface area contributed by atoms with E-state index in [0.29, 0.717) is 53.7 Å². The molecule has 1 atom stereocenters. The topological polar surface area (TPSA) is 269 Å². The summed E-state index contributed by atoms with van der Waals surface area (Å²) in [6.07, 6.45) is 3.74. The van der Waals surface area contributed by atoms with Crippen molar-refractivity contribution in [2.75, 3.05) is 65.1 Å². The number of esters is 1. The third-order valence-electron chi connectivity index (χ3n) is 9.65. The molecule has 0 saturated carbocycles. The van der Waals surface area contributed by atoms with Crippen LogP contribution >= 0.6 is 0 Å². The fourth-order valence-corrected chi connectivity index (χ4v) is 7.82. The van der Waals surface area contributed by atoms with Crippen molar-refractivity contribution >= 4 is 68.8 Å². The molecule has 2 aliphatic heterocycles. The molecule has 2 aromatic carbocycles. The quantitative estimate of drug-likeness (QED) is 0.0723. The van der Waals surface area contributed by atoms with Crippen molar-refractivity contribution in [1.29, 1.82) is 0 Å². The zero-order valence-corrected chi connectivity index (χ0v) is 41.9. The second kappa shape index (κ2) is 31.8. The van der Waals surface area contributed by atoms with Gasteiger partial charge in [0.15, 0.2) is 0 Å². The lowest BCUT2D eigenvalue weighted by molar-refractivity contribution is -0.153. The maximum atomic E-state index is 13.1. The normalized spacial score (nSPS) is 14.4. The summed E-state index contributed by atoms with van der Waals surface area (Å²) in [5, 5.41) is 5.83. The second-order valence-corrected chi connectivity index (χ2v) is 16.6. The number of aldehydes is 2. The number of aromatic nitrogens is 1. The number of hydrogen-bond acceptors (Lipinski definition) is 16. The van der Waals surface area contributed by atoms with E-state index in [-0.39, 0.29) is 56.7 Å². The molecule has 2 aliphatic rings. The summed E-state index contributed by atoms with van der Waals surface area (Å²) < 4.78 is 47.3. The Morgan fingerprint density at radius 3 is 2.26 bits per heavy atom. The molecule has 1 unspecified atom stereocenters. The third kappa shape index (κ3) is 18.6. The molecule has 20 heteroatoms. The Morgan fingerprint density at radius 1 is 1.03 bits per heavy atom. The average Bonchev–Trinajstić information content (AvgIpc) is 3.64. The van der Waals surface area contributed by atoms with Crippen LogP contribution in [0.25, 0.3) is 16.6 Å². The SMILES string of the molecule is CC.CC.CC(C)N(CCc1c2c(nc3ccccc13)/C(=C/C1=C(C=O)COC(=O)C1OC(=O)OCc1ccc(NC(=O)CNC(=O)COCC=O)cc1)N(C)C2)S(C)(=O)=O.CCCCN.CN. The molecular formula is C48H71N7O12S. The largest absolute Gasteiger partial charge is 0.509 e. The monoisotopic (exact) mass is 969 g/mol. The number of nitrogens with two attached hydrogens (primary N) is 2. The Morgan fingerprint density at radius 2 is 1.69 bits per heavy atom. The number of anilines is 1. The molecule has 3 heterocycles. The molecule has 0 spiro atoms. The number of unbranched alkanes of at least 4 members (excludes halogenated alkanes) is 1. The molecule has 2 amide bonds. The highest BCUT2D eigenvalue weighted by molar-refractivity contribution is 7.88. The second-order valence-electron chi connectivity index (χ2n) is 14.6. The van der Waals surface area contributed by atoms with Crippen LogP contribution in [0.3, 0.4) is 0 Å². The van der Waals surface area contributed by atoms with Gasteiger partial charge in [0.2, 0.25) is 27.9 Å². The van der Waals surface area contributed by atoms with Gasteiger partial charge in [-0.05, 0) is 75.7 Å². The molecule has 5 rings (SSSR count). The van der Waals surface area contributed by atoms with Crippen LogP contribution in [0.4, 0.5) is 10.5 Å². The van der Waals surface area contributed by atoms with Crippen molar-refractivity contribution in [1.82, 2.24) is 19.5 Å². The number of nitrogens with one attached hydrogen (secondary N) is 2. The Hall–Kier alpha value is -6.06. The number of carbonyl (C=O) groups excluding carboxylic acids is 6. The molecule has 0 radical (unpaired) electrons. The minimum atomic E-state index is -3.48. The van der Waals surface area contributed by atoms with Crippen LogP contribution in [-0.2, 0) is 72.5 Å². The van der Waals surface area contributed by atoms with E-state index in [1.54, 1.807) is 30.3 Å². The first-order chi connectivity index (χ1) is 32.6. The summed E-state index contributed by atoms with van der Waals surface area (Å²) in [7, 11) is -0.164. The third-order valence-corrected chi connectivity index (χ3v) is 11.1. The number of benzene rings is 2. The van der Waals surface area contributed by atoms with Gasteiger partial charge in [-0.3, -0.25) is 14.4 Å². The summed E-state index contributed by atoms with van der Waals surface area (Å²) in [6.45, 7) is 13.7. The first kappa shape index (κ1) is 60.0. The molecule has 0 saturated heterocycles. The number of ether oxygens (including phenoxy) is 4. The van der Waals surface area contributed by atoms with E-state index in [0.717, 1.165) is 23.1 Å². The molecule has 19 nitrogen and oxygen atoms in total. The van der Waals surface area contributed by atoms with Crippen LogP contribution in [-0.4, -0.2) is 131 Å². The lowest BCUT2D eigenvalue weighted by Crippen LogP contribution is -2.37. The Labute approximate surface area is 401 Å². The Bertz CT molecular complexity index is 2280. The molecule has 376 valence electrons. The van der Waals surface area contributed by atoms with Crippen LogP contribution < -0.4 is 22.1 Å². The van der Waals surface area contributed by atoms with Crippen LogP contribution in [0.5, 0.6) is 0 Å². The zero-order valence-electron chi connectivity index (χ0n) is 41.1. The molecule has 0 bridgehead atoms. The molecular weight excluding hydrogens is 899 g/mol. The number of nitrogens with zero attached hydrogens (tertiary/aromatic N) is 3. The molecule has 0 aliphatic carbocycles. The lowest BCUT2D eigenvalue weighted by Gasteiger charge is -2.25. The van der Waals surface area contributed by atoms with Gasteiger partial charge in [-0.2, -0.15) is 4.31 Å². The summed E-state index contributed by atoms with van der Waals surface area (Å²) in [5.74, 6) is -1.99. The average molecular weight is 970 g/mol. The Kier molecular flexibility index (Phi) is 28.1. The highest BCUT2D eigenvalue weighted by atomic mass is 32.2. The molecule has 0 fully saturated rings. The number of pyridine rings is 1. The maximum absolute atomic E-state index is 13.1. The van der Waals surface area contributed by atoms with Crippen LogP contribution in [0.15, 0.2) is 65.8 Å². The highest BCUT2D eigenvalue weighted by Gasteiger charge is 2.37. The maximum Gasteiger partial charge on any atom is 0.509 e. The number of cyclic esters (lactones) is 1. The summed E-state index contributed by atoms with van der Waals surface area (Å²) in [5.41, 5.74) is 14.3. The van der Waals surface area contributed by atoms with Gasteiger partial charge in [-0.1, -0.05) is 71.4 Å². The standard InChI is InChI=1S/C39H43N5O12S.C4H11N.2C2H6.CH5N/c1-24(2)44(57(4,51)52)14-13-28-29-7-5-6-8-32(29)42-36-31(28)19-43(3)33(36)17-30-26(20-46)22-54-38(49)37(30)56-39(50)55-21-25-9-11-27(12-10-25)41-34(47)18-40-35(48)23-53-16-15-45;1-2-3-4-5;3*1-2/h5-12,15,17,20,24,37H,13-14,16,18-19,21-23H2,1-4H3,(H,40,48)(H,41,47);2-5H2,1H3;2*1-2H3;2H2,1H3/b33-17-;;;;. The van der Waals surface area contributed by atoms with Gasteiger partial charge in [-0.15, -0.1) is 0 Å². The van der Waals surface area contributed by atoms with Gasteiger partial charge in [0.05, 0.1) is 29.7 Å². The smallest absolute Gasteiger partial charge is 0.458 e. The summed E-state index contributed by atoms with van der Waals surface area (Å²) in [6, 6.07) is 13.5. The van der Waals surface area contributed by atoms with Crippen molar-refractivity contribution in [2.24, 2.45) is 11.5 Å². The van der Waals surface area contributed by atoms with E-state index in [1.807, 2.05) is 77.8 Å². The predicted molar refractivity (Wildman–Crippen MR) is 262 cm³/mol. The van der Waals surface area contributed by atoms with E-state index in [9.17, 15) is 37.2 Å². The minimum absolute atomic E-state index is 0.0759. The van der Waals surface area contributed by atoms with Gasteiger partial charge >= 0.3 is 12.1 Å². The first-order valence-electron chi connectivity index (χ1n) is 22.5. The number of amides is 2. The van der Waals surface area contributed by atoms with Gasteiger partial charge in [0.25, 0.3) is 0 Å². The summed E-state index contributed by atoms with van der Waals surface area (Å²) >= 11 is 0. The number of rotatable bonds is 19. The molecule has 6 N–H and O–H groups in total. The van der Waals surface area contributed by atoms with Crippen molar-refractivity contribution in [3.63, 3.8) is 0 Å². The molecule has 3 aromatic rings. The fraction of sp³-hybridized carbons (Fsp3) is 0.479. The number of sulfonamides is 1. The number of hydrogen-bond donors (Lipinski definition) is 4. The number of carbonyl (C=O) groups is 6. The fourth-order valence-electron chi connectivity index (χ4n) is 6.63. The number of fused-ring (bicyclic) bond motifs is 2. The van der Waals surface area contributed by atoms with Gasteiger partial charge < -0.3 is 50.7 Å². The van der Waals surface area contributed by atoms with Gasteiger partial charge in [0, 0.05) is 54.0 Å². The Balaban J connectivity index is 0.00000192. The zero-order chi connectivity index (χ0) is 51.4. The summed E-state index contributed by atoms with van der Waals surface area (Å²) in [4.78, 5) is 79.2. The van der Waals surface area contributed by atoms with Crippen molar-refractivity contribution in [3.8, 4) is 0 Å². The highest BCUT2D eigenvalue weighted by Crippen LogP contribution is 2.38. The van der Waals surface area contributed by atoms with E-state index < -0.39 is 40.1 Å². The van der Waals surface area contributed by atoms with Crippen molar-refractivity contribution < 1.29 is 56.1 Å². The van der Waals surface area contributed by atoms with Crippen molar-refractivity contribution in [2.45, 2.75) is 93.0 Å². The van der Waals surface area contributed by atoms with Gasteiger partial charge in [0.1, 0.15) is 39.0 Å². The molecule has 1 aromatic heterocycles.